The second-order valence-corrected chi connectivity index (χ2v) is 9.05. The van der Waals surface area contributed by atoms with E-state index in [-0.39, 0.29) is 6.61 Å². The normalized spacial score (nSPS) is 11.6. The van der Waals surface area contributed by atoms with E-state index >= 15 is 0 Å². The molecule has 5 heteroatoms. The standard InChI is InChI=1S/C23H27ClN2OS/c1-15(2)21-20(14-27)22(16(3)4)26(13-17-8-10-25-11-9-17)23(21)28-19-7-5-6-18(24)12-19/h5-12,15-16,27H,13-14H2,1-4H3. The number of hydrogen-bond donors (Lipinski definition) is 1. The molecule has 0 fully saturated rings. The number of benzene rings is 1. The molecule has 0 aliphatic carbocycles. The zero-order valence-corrected chi connectivity index (χ0v) is 18.4. The topological polar surface area (TPSA) is 38.0 Å². The van der Waals surface area contributed by atoms with Crippen molar-refractivity contribution in [1.82, 2.24) is 9.55 Å². The average molecular weight is 415 g/mol. The third-order valence-corrected chi connectivity index (χ3v) is 6.14. The number of rotatable bonds is 7. The molecule has 0 unspecified atom stereocenters. The van der Waals surface area contributed by atoms with Gasteiger partial charge in [0.25, 0.3) is 0 Å². The molecule has 28 heavy (non-hydrogen) atoms. The van der Waals surface area contributed by atoms with Crippen LogP contribution in [0.5, 0.6) is 0 Å². The number of hydrogen-bond acceptors (Lipinski definition) is 3. The van der Waals surface area contributed by atoms with E-state index in [4.69, 9.17) is 11.6 Å². The van der Waals surface area contributed by atoms with E-state index in [2.05, 4.69) is 43.3 Å². The van der Waals surface area contributed by atoms with Gasteiger partial charge >= 0.3 is 0 Å². The Morgan fingerprint density at radius 1 is 1.07 bits per heavy atom. The van der Waals surface area contributed by atoms with E-state index in [1.54, 1.807) is 11.8 Å². The third-order valence-electron chi connectivity index (χ3n) is 4.78. The van der Waals surface area contributed by atoms with Crippen LogP contribution in [-0.4, -0.2) is 14.7 Å². The van der Waals surface area contributed by atoms with Crippen LogP contribution in [0.2, 0.25) is 5.02 Å². The number of halogens is 1. The lowest BCUT2D eigenvalue weighted by atomic mass is 9.97. The summed E-state index contributed by atoms with van der Waals surface area (Å²) in [5.74, 6) is 0.607. The summed E-state index contributed by atoms with van der Waals surface area (Å²) in [5, 5.41) is 12.2. The SMILES string of the molecule is CC(C)c1c(CO)c(C(C)C)n(Cc2ccncc2)c1Sc1cccc(Cl)c1. The van der Waals surface area contributed by atoms with E-state index < -0.39 is 0 Å². The number of aromatic nitrogens is 2. The maximum absolute atomic E-state index is 10.3. The Bertz CT molecular complexity index is 935. The zero-order valence-electron chi connectivity index (χ0n) is 16.8. The highest BCUT2D eigenvalue weighted by molar-refractivity contribution is 7.99. The van der Waals surface area contributed by atoms with Crippen molar-refractivity contribution in [3.05, 3.63) is 76.2 Å². The van der Waals surface area contributed by atoms with Crippen molar-refractivity contribution >= 4 is 23.4 Å². The van der Waals surface area contributed by atoms with Gasteiger partial charge in [-0.15, -0.1) is 0 Å². The Balaban J connectivity index is 2.20. The minimum Gasteiger partial charge on any atom is -0.392 e. The summed E-state index contributed by atoms with van der Waals surface area (Å²) in [5.41, 5.74) is 4.68. The second kappa shape index (κ2) is 9.17. The molecule has 3 aromatic rings. The molecule has 148 valence electrons. The summed E-state index contributed by atoms with van der Waals surface area (Å²) >= 11 is 7.95. The summed E-state index contributed by atoms with van der Waals surface area (Å²) in [6.07, 6.45) is 3.65. The Hall–Kier alpha value is -1.75. The van der Waals surface area contributed by atoms with Gasteiger partial charge in [0.15, 0.2) is 0 Å². The first-order valence-corrected chi connectivity index (χ1v) is 10.8. The summed E-state index contributed by atoms with van der Waals surface area (Å²) in [6.45, 7) is 9.56. The van der Waals surface area contributed by atoms with E-state index in [0.717, 1.165) is 22.0 Å². The molecular weight excluding hydrogens is 388 g/mol. The molecule has 0 amide bonds. The number of aliphatic hydroxyl groups is 1. The van der Waals surface area contributed by atoms with Crippen molar-refractivity contribution in [2.75, 3.05) is 0 Å². The van der Waals surface area contributed by atoms with Crippen LogP contribution in [0.25, 0.3) is 0 Å². The van der Waals surface area contributed by atoms with Crippen LogP contribution in [0.3, 0.4) is 0 Å². The predicted octanol–water partition coefficient (Wildman–Crippen LogP) is 6.48. The Kier molecular flexibility index (Phi) is 6.86. The summed E-state index contributed by atoms with van der Waals surface area (Å²) in [4.78, 5) is 5.24. The highest BCUT2D eigenvalue weighted by Gasteiger charge is 2.26. The highest BCUT2D eigenvalue weighted by Crippen LogP contribution is 2.42. The van der Waals surface area contributed by atoms with Gasteiger partial charge < -0.3 is 9.67 Å². The van der Waals surface area contributed by atoms with Gasteiger partial charge in [-0.05, 0) is 53.3 Å². The quantitative estimate of drug-likeness (QED) is 0.481. The minimum absolute atomic E-state index is 0.0491. The molecule has 0 spiro atoms. The first-order chi connectivity index (χ1) is 13.4. The van der Waals surface area contributed by atoms with Crippen LogP contribution in [0.1, 0.15) is 61.9 Å². The van der Waals surface area contributed by atoms with Crippen LogP contribution >= 0.6 is 23.4 Å². The molecule has 2 heterocycles. The fourth-order valence-corrected chi connectivity index (χ4v) is 5.24. The van der Waals surface area contributed by atoms with E-state index in [1.165, 1.54) is 21.8 Å². The van der Waals surface area contributed by atoms with Crippen LogP contribution < -0.4 is 0 Å². The zero-order chi connectivity index (χ0) is 20.3. The molecular formula is C23H27ClN2OS. The van der Waals surface area contributed by atoms with Crippen LogP contribution in [0.4, 0.5) is 0 Å². The summed E-state index contributed by atoms with van der Waals surface area (Å²) < 4.78 is 2.37. The first kappa shape index (κ1) is 21.0. The molecule has 0 saturated heterocycles. The fourth-order valence-electron chi connectivity index (χ4n) is 3.69. The van der Waals surface area contributed by atoms with Gasteiger partial charge in [-0.1, -0.05) is 57.1 Å². The molecule has 0 bridgehead atoms. The Labute approximate surface area is 176 Å². The number of nitrogens with zero attached hydrogens (tertiary/aromatic N) is 2. The number of aliphatic hydroxyl groups excluding tert-OH is 1. The summed E-state index contributed by atoms with van der Waals surface area (Å²) in [7, 11) is 0. The lowest BCUT2D eigenvalue weighted by Crippen LogP contribution is -2.08. The highest BCUT2D eigenvalue weighted by atomic mass is 35.5. The molecule has 3 nitrogen and oxygen atoms in total. The predicted molar refractivity (Wildman–Crippen MR) is 117 cm³/mol. The minimum atomic E-state index is 0.0491. The molecule has 0 aliphatic heterocycles. The van der Waals surface area contributed by atoms with Gasteiger partial charge in [0.05, 0.1) is 11.6 Å². The van der Waals surface area contributed by atoms with E-state index in [9.17, 15) is 5.11 Å². The molecule has 0 radical (unpaired) electrons. The molecule has 2 aromatic heterocycles. The van der Waals surface area contributed by atoms with Gasteiger partial charge in [-0.2, -0.15) is 0 Å². The van der Waals surface area contributed by atoms with Crippen molar-refractivity contribution < 1.29 is 5.11 Å². The van der Waals surface area contributed by atoms with Gasteiger partial charge in [0.1, 0.15) is 0 Å². The van der Waals surface area contributed by atoms with E-state index in [1.807, 2.05) is 42.7 Å². The van der Waals surface area contributed by atoms with Gasteiger partial charge in [0, 0.05) is 40.1 Å². The average Bonchev–Trinajstić information content (AvgIpc) is 2.96. The van der Waals surface area contributed by atoms with Gasteiger partial charge in [-0.25, -0.2) is 0 Å². The largest absolute Gasteiger partial charge is 0.392 e. The summed E-state index contributed by atoms with van der Waals surface area (Å²) in [6, 6.07) is 12.0. The van der Waals surface area contributed by atoms with E-state index in [0.29, 0.717) is 11.8 Å². The van der Waals surface area contributed by atoms with Crippen molar-refractivity contribution in [1.29, 1.82) is 0 Å². The van der Waals surface area contributed by atoms with Crippen LogP contribution in [-0.2, 0) is 13.2 Å². The van der Waals surface area contributed by atoms with Crippen molar-refractivity contribution in [2.45, 2.75) is 62.6 Å². The van der Waals surface area contributed by atoms with Gasteiger partial charge in [-0.3, -0.25) is 4.98 Å². The maximum atomic E-state index is 10.3. The Morgan fingerprint density at radius 3 is 2.36 bits per heavy atom. The third kappa shape index (κ3) is 4.45. The van der Waals surface area contributed by atoms with Crippen LogP contribution in [0, 0.1) is 0 Å². The molecule has 1 N–H and O–H groups in total. The number of pyridine rings is 1. The molecule has 0 saturated carbocycles. The van der Waals surface area contributed by atoms with Crippen molar-refractivity contribution in [3.8, 4) is 0 Å². The first-order valence-electron chi connectivity index (χ1n) is 9.60. The van der Waals surface area contributed by atoms with Crippen LogP contribution in [0.15, 0.2) is 58.7 Å². The van der Waals surface area contributed by atoms with Gasteiger partial charge in [0.2, 0.25) is 0 Å². The maximum Gasteiger partial charge on any atom is 0.0840 e. The second-order valence-electron chi connectivity index (χ2n) is 7.55. The van der Waals surface area contributed by atoms with Crippen molar-refractivity contribution in [3.63, 3.8) is 0 Å². The lowest BCUT2D eigenvalue weighted by Gasteiger charge is -2.17. The monoisotopic (exact) mass is 414 g/mol. The smallest absolute Gasteiger partial charge is 0.0840 e. The Morgan fingerprint density at radius 2 is 1.79 bits per heavy atom. The lowest BCUT2D eigenvalue weighted by molar-refractivity contribution is 0.278. The molecule has 3 rings (SSSR count). The molecule has 1 aromatic carbocycles. The molecule has 0 atom stereocenters. The molecule has 0 aliphatic rings. The van der Waals surface area contributed by atoms with Crippen molar-refractivity contribution in [2.24, 2.45) is 0 Å². The fraction of sp³-hybridized carbons (Fsp3) is 0.348.